The molecule has 1 heterocycles. The van der Waals surface area contributed by atoms with Crippen LogP contribution in [0.5, 0.6) is 5.75 Å². The van der Waals surface area contributed by atoms with E-state index in [0.717, 1.165) is 44.7 Å². The van der Waals surface area contributed by atoms with E-state index in [-0.39, 0.29) is 6.10 Å². The van der Waals surface area contributed by atoms with Crippen LogP contribution in [0, 0.1) is 6.92 Å². The maximum absolute atomic E-state index is 6.02. The van der Waals surface area contributed by atoms with E-state index in [1.54, 1.807) is 0 Å². The van der Waals surface area contributed by atoms with Gasteiger partial charge in [-0.3, -0.25) is 0 Å². The fourth-order valence-corrected chi connectivity index (χ4v) is 2.41. The van der Waals surface area contributed by atoms with Crippen LogP contribution in [0.15, 0.2) is 18.2 Å². The largest absolute Gasteiger partial charge is 0.490 e. The SMILES string of the molecule is CCCNCc1cccc(C)c1OCC1CCCO1. The zero-order valence-electron chi connectivity index (χ0n) is 12.1. The van der Waals surface area contributed by atoms with Crippen molar-refractivity contribution < 1.29 is 9.47 Å². The quantitative estimate of drug-likeness (QED) is 0.767. The number of aryl methyl sites for hydroxylation is 1. The predicted octanol–water partition coefficient (Wildman–Crippen LogP) is 3.05. The highest BCUT2D eigenvalue weighted by molar-refractivity contribution is 5.40. The van der Waals surface area contributed by atoms with Gasteiger partial charge in [-0.15, -0.1) is 0 Å². The zero-order chi connectivity index (χ0) is 13.5. The van der Waals surface area contributed by atoms with E-state index in [9.17, 15) is 0 Å². The Hall–Kier alpha value is -1.06. The molecule has 1 aliphatic rings. The van der Waals surface area contributed by atoms with Crippen LogP contribution < -0.4 is 10.1 Å². The van der Waals surface area contributed by atoms with Crippen LogP contribution in [0.25, 0.3) is 0 Å². The van der Waals surface area contributed by atoms with E-state index < -0.39 is 0 Å². The molecule has 1 N–H and O–H groups in total. The van der Waals surface area contributed by atoms with Crippen molar-refractivity contribution in [2.75, 3.05) is 19.8 Å². The molecule has 0 bridgehead atoms. The molecule has 0 saturated carbocycles. The maximum atomic E-state index is 6.02. The topological polar surface area (TPSA) is 30.5 Å². The number of benzene rings is 1. The lowest BCUT2D eigenvalue weighted by molar-refractivity contribution is 0.0673. The molecule has 0 aromatic heterocycles. The maximum Gasteiger partial charge on any atom is 0.126 e. The molecule has 1 aromatic carbocycles. The predicted molar refractivity (Wildman–Crippen MR) is 77.6 cm³/mol. The Bertz CT molecular complexity index is 386. The van der Waals surface area contributed by atoms with Crippen molar-refractivity contribution in [3.8, 4) is 5.75 Å². The van der Waals surface area contributed by atoms with Gasteiger partial charge in [-0.2, -0.15) is 0 Å². The molecule has 1 aliphatic heterocycles. The molecular formula is C16H25NO2. The molecule has 1 saturated heterocycles. The molecule has 0 radical (unpaired) electrons. The van der Waals surface area contributed by atoms with Crippen LogP contribution in [0.4, 0.5) is 0 Å². The van der Waals surface area contributed by atoms with Crippen molar-refractivity contribution in [1.29, 1.82) is 0 Å². The van der Waals surface area contributed by atoms with Gasteiger partial charge >= 0.3 is 0 Å². The van der Waals surface area contributed by atoms with Crippen LogP contribution in [0.1, 0.15) is 37.3 Å². The summed E-state index contributed by atoms with van der Waals surface area (Å²) in [4.78, 5) is 0. The summed E-state index contributed by atoms with van der Waals surface area (Å²) in [5.41, 5.74) is 2.44. The van der Waals surface area contributed by atoms with Gasteiger partial charge in [0.1, 0.15) is 12.4 Å². The van der Waals surface area contributed by atoms with E-state index >= 15 is 0 Å². The number of hydrogen-bond donors (Lipinski definition) is 1. The first-order valence-electron chi connectivity index (χ1n) is 7.35. The molecule has 3 nitrogen and oxygen atoms in total. The molecule has 0 aliphatic carbocycles. The highest BCUT2D eigenvalue weighted by atomic mass is 16.5. The van der Waals surface area contributed by atoms with Crippen LogP contribution >= 0.6 is 0 Å². The lowest BCUT2D eigenvalue weighted by atomic mass is 10.1. The molecule has 1 atom stereocenters. The summed E-state index contributed by atoms with van der Waals surface area (Å²) in [6.45, 7) is 7.75. The summed E-state index contributed by atoms with van der Waals surface area (Å²) in [7, 11) is 0. The monoisotopic (exact) mass is 263 g/mol. The van der Waals surface area contributed by atoms with Gasteiger partial charge in [0.05, 0.1) is 6.10 Å². The standard InChI is InChI=1S/C16H25NO2/c1-3-9-17-11-14-7-4-6-13(2)16(14)19-12-15-8-5-10-18-15/h4,6-7,15,17H,3,5,8-12H2,1-2H3. The van der Waals surface area contributed by atoms with E-state index in [0.29, 0.717) is 6.61 Å². The molecule has 19 heavy (non-hydrogen) atoms. The molecule has 0 amide bonds. The van der Waals surface area contributed by atoms with Crippen molar-refractivity contribution in [2.45, 2.75) is 45.8 Å². The fraction of sp³-hybridized carbons (Fsp3) is 0.625. The molecule has 0 spiro atoms. The number of hydrogen-bond acceptors (Lipinski definition) is 3. The highest BCUT2D eigenvalue weighted by Crippen LogP contribution is 2.24. The second kappa shape index (κ2) is 7.51. The number of para-hydroxylation sites is 1. The Labute approximate surface area is 116 Å². The Kier molecular flexibility index (Phi) is 5.67. The minimum Gasteiger partial charge on any atom is -0.490 e. The van der Waals surface area contributed by atoms with Crippen LogP contribution in [0.3, 0.4) is 0 Å². The smallest absolute Gasteiger partial charge is 0.126 e. The summed E-state index contributed by atoms with van der Waals surface area (Å²) >= 11 is 0. The van der Waals surface area contributed by atoms with Crippen molar-refractivity contribution in [1.82, 2.24) is 5.32 Å². The third-order valence-electron chi connectivity index (χ3n) is 3.47. The summed E-state index contributed by atoms with van der Waals surface area (Å²) in [5.74, 6) is 1.03. The Morgan fingerprint density at radius 1 is 1.42 bits per heavy atom. The Morgan fingerprint density at radius 3 is 3.05 bits per heavy atom. The highest BCUT2D eigenvalue weighted by Gasteiger charge is 2.17. The minimum absolute atomic E-state index is 0.274. The fourth-order valence-electron chi connectivity index (χ4n) is 2.41. The second-order valence-corrected chi connectivity index (χ2v) is 5.19. The molecule has 3 heteroatoms. The lowest BCUT2D eigenvalue weighted by Crippen LogP contribution is -2.19. The molecule has 106 valence electrons. The number of ether oxygens (including phenoxy) is 2. The van der Waals surface area contributed by atoms with Crippen LogP contribution in [0.2, 0.25) is 0 Å². The molecule has 1 fully saturated rings. The zero-order valence-corrected chi connectivity index (χ0v) is 12.1. The summed E-state index contributed by atoms with van der Waals surface area (Å²) in [6.07, 6.45) is 3.70. The molecule has 1 unspecified atom stereocenters. The summed E-state index contributed by atoms with van der Waals surface area (Å²) in [5, 5.41) is 3.44. The van der Waals surface area contributed by atoms with E-state index in [1.165, 1.54) is 11.1 Å². The van der Waals surface area contributed by atoms with Gasteiger partial charge in [-0.05, 0) is 38.3 Å². The molecular weight excluding hydrogens is 238 g/mol. The van der Waals surface area contributed by atoms with Crippen molar-refractivity contribution >= 4 is 0 Å². The first kappa shape index (κ1) is 14.4. The van der Waals surface area contributed by atoms with Crippen molar-refractivity contribution in [3.63, 3.8) is 0 Å². The van der Waals surface area contributed by atoms with Gasteiger partial charge in [0.25, 0.3) is 0 Å². The second-order valence-electron chi connectivity index (χ2n) is 5.19. The third kappa shape index (κ3) is 4.22. The lowest BCUT2D eigenvalue weighted by Gasteiger charge is -2.17. The van der Waals surface area contributed by atoms with Gasteiger partial charge in [0.2, 0.25) is 0 Å². The van der Waals surface area contributed by atoms with Gasteiger partial charge in [0.15, 0.2) is 0 Å². The molecule has 1 aromatic rings. The molecule has 2 rings (SSSR count). The number of rotatable bonds is 7. The van der Waals surface area contributed by atoms with E-state index in [4.69, 9.17) is 9.47 Å². The minimum atomic E-state index is 0.274. The van der Waals surface area contributed by atoms with Gasteiger partial charge in [-0.1, -0.05) is 25.1 Å². The van der Waals surface area contributed by atoms with Gasteiger partial charge in [0, 0.05) is 18.7 Å². The average molecular weight is 263 g/mol. The van der Waals surface area contributed by atoms with E-state index in [2.05, 4.69) is 37.4 Å². The van der Waals surface area contributed by atoms with Crippen molar-refractivity contribution in [3.05, 3.63) is 29.3 Å². The van der Waals surface area contributed by atoms with Crippen molar-refractivity contribution in [2.24, 2.45) is 0 Å². The summed E-state index contributed by atoms with van der Waals surface area (Å²) < 4.78 is 11.6. The van der Waals surface area contributed by atoms with Gasteiger partial charge in [-0.25, -0.2) is 0 Å². The van der Waals surface area contributed by atoms with Crippen LogP contribution in [-0.2, 0) is 11.3 Å². The summed E-state index contributed by atoms with van der Waals surface area (Å²) in [6, 6.07) is 6.34. The van der Waals surface area contributed by atoms with Gasteiger partial charge < -0.3 is 14.8 Å². The number of nitrogens with one attached hydrogen (secondary N) is 1. The Morgan fingerprint density at radius 2 is 2.32 bits per heavy atom. The van der Waals surface area contributed by atoms with Crippen LogP contribution in [-0.4, -0.2) is 25.9 Å². The first-order valence-corrected chi connectivity index (χ1v) is 7.35. The van der Waals surface area contributed by atoms with E-state index in [1.807, 2.05) is 0 Å². The Balaban J connectivity index is 1.95. The third-order valence-corrected chi connectivity index (χ3v) is 3.47. The average Bonchev–Trinajstić information content (AvgIpc) is 2.91. The first-order chi connectivity index (χ1) is 9.31. The normalized spacial score (nSPS) is 18.7.